The third kappa shape index (κ3) is 3.32. The highest BCUT2D eigenvalue weighted by atomic mass is 32.2. The maximum Gasteiger partial charge on any atom is 0.344 e. The molecule has 0 unspecified atom stereocenters. The molecule has 3 heterocycles. The highest BCUT2D eigenvalue weighted by Gasteiger charge is 2.30. The highest BCUT2D eigenvalue weighted by molar-refractivity contribution is 7.87. The topological polar surface area (TPSA) is 109 Å². The van der Waals surface area contributed by atoms with Crippen LogP contribution >= 0.6 is 0 Å². The maximum atomic E-state index is 12.8. The second-order valence-corrected chi connectivity index (χ2v) is 8.69. The quantitative estimate of drug-likeness (QED) is 0.337. The normalized spacial score (nSPS) is 14.6. The molecule has 4 aromatic rings. The van der Waals surface area contributed by atoms with Gasteiger partial charge in [-0.3, -0.25) is 9.78 Å². The first-order valence-corrected chi connectivity index (χ1v) is 11.0. The summed E-state index contributed by atoms with van der Waals surface area (Å²) in [5.74, 6) is 0.145. The number of aromatic nitrogens is 2. The van der Waals surface area contributed by atoms with Gasteiger partial charge in [0.15, 0.2) is 16.4 Å². The van der Waals surface area contributed by atoms with E-state index in [9.17, 15) is 13.2 Å². The number of Topliss-reactive ketones (excluding diaryl/α,β-unsaturated/α-hetero) is 1. The first-order valence-electron chi connectivity index (χ1n) is 9.63. The predicted molar refractivity (Wildman–Crippen MR) is 115 cm³/mol. The molecule has 0 atom stereocenters. The lowest BCUT2D eigenvalue weighted by molar-refractivity contribution is 0.101. The molecule has 0 aliphatic carbocycles. The predicted octanol–water partition coefficient (Wildman–Crippen LogP) is 4.22. The van der Waals surface area contributed by atoms with Crippen molar-refractivity contribution in [3.05, 3.63) is 83.1 Å². The van der Waals surface area contributed by atoms with Gasteiger partial charge in [-0.05, 0) is 38.1 Å². The highest BCUT2D eigenvalue weighted by Crippen LogP contribution is 2.36. The van der Waals surface area contributed by atoms with Crippen molar-refractivity contribution in [2.75, 3.05) is 0 Å². The Morgan fingerprint density at radius 1 is 1.06 bits per heavy atom. The summed E-state index contributed by atoms with van der Waals surface area (Å²) in [6.07, 6.45) is 3.30. The van der Waals surface area contributed by atoms with Gasteiger partial charge in [0.05, 0.1) is 11.1 Å². The maximum absolute atomic E-state index is 12.8. The third-order valence-electron chi connectivity index (χ3n) is 5.02. The van der Waals surface area contributed by atoms with Crippen LogP contribution in [0.3, 0.4) is 0 Å². The minimum atomic E-state index is -4.17. The molecule has 0 saturated heterocycles. The van der Waals surface area contributed by atoms with Gasteiger partial charge in [-0.2, -0.15) is 8.42 Å². The van der Waals surface area contributed by atoms with E-state index >= 15 is 0 Å². The average molecular weight is 448 g/mol. The minimum absolute atomic E-state index is 0.00428. The number of nitrogens with zero attached hydrogens (tertiary/aromatic N) is 2. The van der Waals surface area contributed by atoms with E-state index in [0.29, 0.717) is 5.56 Å². The molecular weight excluding hydrogens is 432 g/mol. The Labute approximate surface area is 183 Å². The lowest BCUT2D eigenvalue weighted by Crippen LogP contribution is -2.11. The van der Waals surface area contributed by atoms with Crippen molar-refractivity contribution in [1.82, 2.24) is 10.1 Å². The zero-order valence-electron chi connectivity index (χ0n) is 17.0. The number of ether oxygens (including phenoxy) is 1. The minimum Gasteiger partial charge on any atom is -0.452 e. The molecule has 1 aliphatic heterocycles. The van der Waals surface area contributed by atoms with Crippen molar-refractivity contribution in [2.24, 2.45) is 0 Å². The number of benzene rings is 2. The molecule has 160 valence electrons. The zero-order valence-corrected chi connectivity index (χ0v) is 17.8. The number of rotatable bonds is 4. The summed E-state index contributed by atoms with van der Waals surface area (Å²) in [6, 6.07) is 13.6. The van der Waals surface area contributed by atoms with Gasteiger partial charge in [-0.25, -0.2) is 0 Å². The van der Waals surface area contributed by atoms with Gasteiger partial charge < -0.3 is 13.4 Å². The van der Waals surface area contributed by atoms with Crippen LogP contribution in [0.5, 0.6) is 11.5 Å². The Morgan fingerprint density at radius 3 is 2.66 bits per heavy atom. The molecule has 0 radical (unpaired) electrons. The molecule has 0 N–H and O–H groups in total. The number of carbonyl (C=O) groups is 1. The number of para-hydroxylation sites is 1. The van der Waals surface area contributed by atoms with Gasteiger partial charge in [0, 0.05) is 23.2 Å². The van der Waals surface area contributed by atoms with E-state index in [1.54, 1.807) is 12.3 Å². The fourth-order valence-corrected chi connectivity index (χ4v) is 4.83. The van der Waals surface area contributed by atoms with Gasteiger partial charge in [0.1, 0.15) is 17.2 Å². The number of carbonyl (C=O) groups excluding carboxylic acids is 1. The van der Waals surface area contributed by atoms with Crippen molar-refractivity contribution in [3.8, 4) is 11.5 Å². The molecule has 9 heteroatoms. The van der Waals surface area contributed by atoms with Crippen LogP contribution in [-0.4, -0.2) is 24.3 Å². The molecule has 5 rings (SSSR count). The van der Waals surface area contributed by atoms with Gasteiger partial charge in [0.2, 0.25) is 5.78 Å². The van der Waals surface area contributed by atoms with E-state index in [1.807, 2.05) is 30.3 Å². The number of hydrogen-bond donors (Lipinski definition) is 0. The lowest BCUT2D eigenvalue weighted by atomic mass is 10.1. The van der Waals surface area contributed by atoms with Crippen LogP contribution in [0, 0.1) is 13.8 Å². The van der Waals surface area contributed by atoms with E-state index in [2.05, 4.69) is 10.1 Å². The van der Waals surface area contributed by atoms with E-state index in [1.165, 1.54) is 32.0 Å². The third-order valence-corrected chi connectivity index (χ3v) is 6.51. The van der Waals surface area contributed by atoms with Crippen molar-refractivity contribution in [3.63, 3.8) is 0 Å². The number of pyridine rings is 1. The van der Waals surface area contributed by atoms with E-state index in [0.717, 1.165) is 16.5 Å². The summed E-state index contributed by atoms with van der Waals surface area (Å²) in [5, 5.41) is 4.58. The molecule has 0 fully saturated rings. The summed E-state index contributed by atoms with van der Waals surface area (Å²) in [6.45, 7) is 3.00. The largest absolute Gasteiger partial charge is 0.452 e. The van der Waals surface area contributed by atoms with Crippen molar-refractivity contribution in [1.29, 1.82) is 0 Å². The first-order chi connectivity index (χ1) is 15.3. The molecule has 32 heavy (non-hydrogen) atoms. The van der Waals surface area contributed by atoms with Crippen molar-refractivity contribution in [2.45, 2.75) is 18.7 Å². The number of hydrogen-bond acceptors (Lipinski definition) is 8. The van der Waals surface area contributed by atoms with E-state index in [4.69, 9.17) is 13.4 Å². The van der Waals surface area contributed by atoms with Crippen molar-refractivity contribution < 1.29 is 26.7 Å². The van der Waals surface area contributed by atoms with Gasteiger partial charge in [-0.1, -0.05) is 29.4 Å². The average Bonchev–Trinajstić information content (AvgIpc) is 3.26. The van der Waals surface area contributed by atoms with E-state index < -0.39 is 10.1 Å². The lowest BCUT2D eigenvalue weighted by Gasteiger charge is -2.07. The molecular formula is C23H16N2O6S. The molecule has 0 saturated carbocycles. The Kier molecular flexibility index (Phi) is 4.56. The van der Waals surface area contributed by atoms with Crippen LogP contribution in [0.1, 0.15) is 27.4 Å². The summed E-state index contributed by atoms with van der Waals surface area (Å²) in [5.41, 5.74) is 1.98. The molecule has 8 nitrogen and oxygen atoms in total. The second-order valence-electron chi connectivity index (χ2n) is 7.21. The molecule has 0 spiro atoms. The number of aryl methyl sites for hydroxylation is 2. The van der Waals surface area contributed by atoms with Crippen molar-refractivity contribution >= 4 is 32.9 Å². The number of allylic oxidation sites excluding steroid dienone is 1. The Hall–Kier alpha value is -3.98. The smallest absolute Gasteiger partial charge is 0.344 e. The molecule has 1 aliphatic rings. The van der Waals surface area contributed by atoms with Crippen LogP contribution in [0.4, 0.5) is 0 Å². The van der Waals surface area contributed by atoms with Gasteiger partial charge in [-0.15, -0.1) is 0 Å². The van der Waals surface area contributed by atoms with Gasteiger partial charge in [0.25, 0.3) is 0 Å². The molecule has 0 amide bonds. The Balaban J connectivity index is 1.47. The SMILES string of the molecule is Cc1noc(C)c1S(=O)(=O)Oc1ccc2c(c1)OC(=Cc1cccc3cccnc13)C2=O. The van der Waals surface area contributed by atoms with Gasteiger partial charge >= 0.3 is 10.1 Å². The molecule has 2 aromatic heterocycles. The monoisotopic (exact) mass is 448 g/mol. The summed E-state index contributed by atoms with van der Waals surface area (Å²) >= 11 is 0. The molecule has 2 aromatic carbocycles. The fourth-order valence-electron chi connectivity index (χ4n) is 3.60. The second kappa shape index (κ2) is 7.31. The van der Waals surface area contributed by atoms with Crippen LogP contribution in [0.25, 0.3) is 17.0 Å². The number of fused-ring (bicyclic) bond motifs is 2. The van der Waals surface area contributed by atoms with Crippen LogP contribution in [-0.2, 0) is 10.1 Å². The standard InChI is InChI=1S/C23H16N2O6S/c1-13-23(14(2)30-25-13)32(27,28)31-17-8-9-18-19(12-17)29-20(22(18)26)11-16-6-3-5-15-7-4-10-24-21(15)16/h3-12H,1-2H3. The fraction of sp³-hybridized carbons (Fsp3) is 0.0870. The Morgan fingerprint density at radius 2 is 1.88 bits per heavy atom. The number of ketones is 1. The zero-order chi connectivity index (χ0) is 22.5. The summed E-state index contributed by atoms with van der Waals surface area (Å²) < 4.78 is 41.2. The van der Waals surface area contributed by atoms with Crippen LogP contribution in [0.2, 0.25) is 0 Å². The first kappa shape index (κ1) is 20.0. The molecule has 0 bridgehead atoms. The summed E-state index contributed by atoms with van der Waals surface area (Å²) in [7, 11) is -4.17. The Bertz CT molecular complexity index is 1510. The summed E-state index contributed by atoms with van der Waals surface area (Å²) in [4.78, 5) is 17.1. The van der Waals surface area contributed by atoms with E-state index in [-0.39, 0.29) is 39.4 Å². The van der Waals surface area contributed by atoms with Crippen LogP contribution in [0.15, 0.2) is 69.9 Å². The van der Waals surface area contributed by atoms with Crippen LogP contribution < -0.4 is 8.92 Å².